The van der Waals surface area contributed by atoms with Gasteiger partial charge >= 0.3 is 0 Å². The van der Waals surface area contributed by atoms with Gasteiger partial charge in [0.2, 0.25) is 10.0 Å². The van der Waals surface area contributed by atoms with Gasteiger partial charge in [-0.05, 0) is 55.9 Å². The summed E-state index contributed by atoms with van der Waals surface area (Å²) >= 11 is 0. The molecule has 0 saturated heterocycles. The molecular formula is C17H23N3O4S. The average molecular weight is 365 g/mol. The minimum absolute atomic E-state index is 0.108. The first-order valence-corrected chi connectivity index (χ1v) is 9.61. The Bertz CT molecular complexity index is 870. The number of aromatic nitrogens is 2. The van der Waals surface area contributed by atoms with Crippen LogP contribution in [0.4, 0.5) is 0 Å². The van der Waals surface area contributed by atoms with Crippen LogP contribution in [-0.2, 0) is 16.4 Å². The highest BCUT2D eigenvalue weighted by atomic mass is 32.2. The van der Waals surface area contributed by atoms with E-state index in [4.69, 9.17) is 9.47 Å². The van der Waals surface area contributed by atoms with E-state index in [2.05, 4.69) is 14.9 Å². The number of aromatic amines is 1. The molecule has 1 aromatic heterocycles. The molecule has 1 aliphatic carbocycles. The van der Waals surface area contributed by atoms with E-state index in [0.717, 1.165) is 18.4 Å². The smallest absolute Gasteiger partial charge is 0.244 e. The average Bonchev–Trinajstić information content (AvgIpc) is 3.14. The Hall–Kier alpha value is -2.06. The molecule has 0 spiro atoms. The number of ether oxygens (including phenoxy) is 2. The normalized spacial score (nSPS) is 16.7. The van der Waals surface area contributed by atoms with Gasteiger partial charge in [-0.15, -0.1) is 0 Å². The molecule has 0 fully saturated rings. The Morgan fingerprint density at radius 2 is 1.92 bits per heavy atom. The predicted octanol–water partition coefficient (Wildman–Crippen LogP) is 2.05. The van der Waals surface area contributed by atoms with Crippen molar-refractivity contribution in [3.63, 3.8) is 0 Å². The first-order chi connectivity index (χ1) is 11.9. The lowest BCUT2D eigenvalue weighted by molar-refractivity contribution is 0.354. The van der Waals surface area contributed by atoms with Crippen LogP contribution in [-0.4, -0.2) is 39.4 Å². The molecule has 1 atom stereocenters. The fourth-order valence-electron chi connectivity index (χ4n) is 3.45. The monoisotopic (exact) mass is 365 g/mol. The maximum absolute atomic E-state index is 12.6. The highest BCUT2D eigenvalue weighted by molar-refractivity contribution is 7.89. The third-order valence-electron chi connectivity index (χ3n) is 4.70. The van der Waals surface area contributed by atoms with Crippen LogP contribution in [0.3, 0.4) is 0 Å². The Morgan fingerprint density at radius 3 is 2.52 bits per heavy atom. The number of nitrogens with zero attached hydrogens (tertiary/aromatic N) is 1. The van der Waals surface area contributed by atoms with Crippen LogP contribution >= 0.6 is 0 Å². The van der Waals surface area contributed by atoms with Crippen molar-refractivity contribution in [3.05, 3.63) is 34.6 Å². The topological polar surface area (TPSA) is 93.3 Å². The van der Waals surface area contributed by atoms with E-state index in [-0.39, 0.29) is 10.8 Å². The van der Waals surface area contributed by atoms with Crippen LogP contribution in [0.1, 0.15) is 34.9 Å². The molecule has 1 aliphatic rings. The summed E-state index contributed by atoms with van der Waals surface area (Å²) in [5, 5.41) is 6.68. The van der Waals surface area contributed by atoms with Crippen LogP contribution < -0.4 is 14.2 Å². The Kier molecular flexibility index (Phi) is 4.75. The van der Waals surface area contributed by atoms with E-state index in [1.54, 1.807) is 28.1 Å². The molecule has 1 heterocycles. The molecule has 136 valence electrons. The number of fused-ring (bicyclic) bond motifs is 1. The van der Waals surface area contributed by atoms with Gasteiger partial charge in [-0.25, -0.2) is 13.1 Å². The standard InChI is InChI=1S/C17H23N3O4S/c1-10-17(11(2)20-19-10)25(21,22)18-9-13-6-5-12-7-15(23-3)16(24-4)8-14(12)13/h7-8,13,18H,5-6,9H2,1-4H3,(H,19,20). The molecule has 1 unspecified atom stereocenters. The first-order valence-electron chi connectivity index (χ1n) is 8.13. The summed E-state index contributed by atoms with van der Waals surface area (Å²) in [5.41, 5.74) is 3.31. The van der Waals surface area contributed by atoms with Crippen molar-refractivity contribution in [2.75, 3.05) is 20.8 Å². The van der Waals surface area contributed by atoms with Crippen molar-refractivity contribution in [1.29, 1.82) is 0 Å². The molecule has 0 radical (unpaired) electrons. The van der Waals surface area contributed by atoms with Crippen LogP contribution in [0.2, 0.25) is 0 Å². The quantitative estimate of drug-likeness (QED) is 0.817. The van der Waals surface area contributed by atoms with Crippen molar-refractivity contribution >= 4 is 10.0 Å². The molecule has 8 heteroatoms. The molecule has 0 aliphatic heterocycles. The van der Waals surface area contributed by atoms with Gasteiger partial charge in [0.05, 0.1) is 25.6 Å². The first kappa shape index (κ1) is 17.8. The number of hydrogen-bond acceptors (Lipinski definition) is 5. The van der Waals surface area contributed by atoms with Crippen LogP contribution in [0, 0.1) is 13.8 Å². The van der Waals surface area contributed by atoms with Gasteiger partial charge in [-0.2, -0.15) is 5.10 Å². The van der Waals surface area contributed by atoms with Crippen molar-refractivity contribution in [2.45, 2.75) is 37.5 Å². The van der Waals surface area contributed by atoms with Gasteiger partial charge in [0, 0.05) is 6.54 Å². The van der Waals surface area contributed by atoms with Crippen LogP contribution in [0.5, 0.6) is 11.5 Å². The van der Waals surface area contributed by atoms with Crippen LogP contribution in [0.25, 0.3) is 0 Å². The minimum Gasteiger partial charge on any atom is -0.493 e. The molecule has 2 aromatic rings. The fourth-order valence-corrected chi connectivity index (χ4v) is 4.90. The summed E-state index contributed by atoms with van der Waals surface area (Å²) in [7, 11) is -0.386. The summed E-state index contributed by atoms with van der Waals surface area (Å²) < 4.78 is 38.7. The number of hydrogen-bond donors (Lipinski definition) is 2. The van der Waals surface area contributed by atoms with E-state index in [9.17, 15) is 8.42 Å². The highest BCUT2D eigenvalue weighted by Gasteiger charge is 2.28. The molecule has 7 nitrogen and oxygen atoms in total. The van der Waals surface area contributed by atoms with E-state index in [0.29, 0.717) is 29.4 Å². The van der Waals surface area contributed by atoms with E-state index < -0.39 is 10.0 Å². The number of nitrogens with one attached hydrogen (secondary N) is 2. The van der Waals surface area contributed by atoms with Gasteiger partial charge in [-0.1, -0.05) is 0 Å². The molecule has 25 heavy (non-hydrogen) atoms. The zero-order valence-electron chi connectivity index (χ0n) is 14.8. The number of rotatable bonds is 6. The van der Waals surface area contributed by atoms with Crippen molar-refractivity contribution in [2.24, 2.45) is 0 Å². The molecule has 0 amide bonds. The van der Waals surface area contributed by atoms with Gasteiger partial charge in [0.1, 0.15) is 4.90 Å². The number of methoxy groups -OCH3 is 2. The lowest BCUT2D eigenvalue weighted by atomic mass is 10.0. The Morgan fingerprint density at radius 1 is 1.24 bits per heavy atom. The number of aryl methyl sites for hydroxylation is 3. The second-order valence-electron chi connectivity index (χ2n) is 6.26. The number of benzene rings is 1. The van der Waals surface area contributed by atoms with Gasteiger partial charge in [0.25, 0.3) is 0 Å². The van der Waals surface area contributed by atoms with Gasteiger partial charge < -0.3 is 9.47 Å². The maximum atomic E-state index is 12.6. The van der Waals surface area contributed by atoms with Gasteiger partial charge in [-0.3, -0.25) is 5.10 Å². The molecule has 0 bridgehead atoms. The summed E-state index contributed by atoms with van der Waals surface area (Å²) in [5.74, 6) is 1.47. The van der Waals surface area contributed by atoms with E-state index in [1.165, 1.54) is 5.56 Å². The second-order valence-corrected chi connectivity index (χ2v) is 7.96. The SMILES string of the molecule is COc1cc2c(cc1OC)C(CNS(=O)(=O)c1c(C)n[nH]c1C)CC2. The zero-order chi connectivity index (χ0) is 18.2. The van der Waals surface area contributed by atoms with E-state index in [1.807, 2.05) is 12.1 Å². The predicted molar refractivity (Wildman–Crippen MR) is 93.9 cm³/mol. The van der Waals surface area contributed by atoms with Crippen molar-refractivity contribution in [3.8, 4) is 11.5 Å². The summed E-state index contributed by atoms with van der Waals surface area (Å²) in [6, 6.07) is 3.93. The third kappa shape index (κ3) is 3.23. The molecular weight excluding hydrogens is 342 g/mol. The fraction of sp³-hybridized carbons (Fsp3) is 0.471. The van der Waals surface area contributed by atoms with Crippen LogP contribution in [0.15, 0.2) is 17.0 Å². The van der Waals surface area contributed by atoms with Crippen molar-refractivity contribution < 1.29 is 17.9 Å². The molecule has 1 aromatic carbocycles. The molecule has 3 rings (SSSR count). The summed E-state index contributed by atoms with van der Waals surface area (Å²) in [6.45, 7) is 3.73. The zero-order valence-corrected chi connectivity index (χ0v) is 15.7. The maximum Gasteiger partial charge on any atom is 0.244 e. The Labute approximate surface area is 147 Å². The Balaban J connectivity index is 1.81. The lowest BCUT2D eigenvalue weighted by Gasteiger charge is -2.15. The lowest BCUT2D eigenvalue weighted by Crippen LogP contribution is -2.28. The molecule has 0 saturated carbocycles. The minimum atomic E-state index is -3.60. The van der Waals surface area contributed by atoms with Crippen molar-refractivity contribution in [1.82, 2.24) is 14.9 Å². The largest absolute Gasteiger partial charge is 0.493 e. The molecule has 2 N–H and O–H groups in total. The number of H-pyrrole nitrogens is 1. The summed E-state index contributed by atoms with van der Waals surface area (Å²) in [4.78, 5) is 0.234. The van der Waals surface area contributed by atoms with E-state index >= 15 is 0 Å². The summed E-state index contributed by atoms with van der Waals surface area (Å²) in [6.07, 6.45) is 1.78. The number of sulfonamides is 1. The highest BCUT2D eigenvalue weighted by Crippen LogP contribution is 2.40. The van der Waals surface area contributed by atoms with Gasteiger partial charge in [0.15, 0.2) is 11.5 Å². The third-order valence-corrected chi connectivity index (χ3v) is 6.38. The second kappa shape index (κ2) is 6.68.